The molecular formula is C5H9Cl2N. The summed E-state index contributed by atoms with van der Waals surface area (Å²) >= 11 is 11.4. The van der Waals surface area contributed by atoms with E-state index in [0.717, 1.165) is 19.4 Å². The van der Waals surface area contributed by atoms with Gasteiger partial charge < -0.3 is 5.73 Å². The van der Waals surface area contributed by atoms with Gasteiger partial charge in [0.2, 0.25) is 0 Å². The molecule has 0 aromatic heterocycles. The molecule has 0 spiro atoms. The highest BCUT2D eigenvalue weighted by Crippen LogP contribution is 2.45. The summed E-state index contributed by atoms with van der Waals surface area (Å²) in [5.74, 6) is 0.574. The Morgan fingerprint density at radius 3 is 2.12 bits per heavy atom. The van der Waals surface area contributed by atoms with Gasteiger partial charge in [0.05, 0.1) is 0 Å². The molecular weight excluding hydrogens is 145 g/mol. The predicted molar refractivity (Wildman–Crippen MR) is 36.2 cm³/mol. The van der Waals surface area contributed by atoms with Crippen molar-refractivity contribution in [3.63, 3.8) is 0 Å². The molecule has 1 aliphatic carbocycles. The largest absolute Gasteiger partial charge is 0.330 e. The lowest BCUT2D eigenvalue weighted by molar-refractivity contribution is 0.302. The van der Waals surface area contributed by atoms with Crippen LogP contribution in [0.4, 0.5) is 0 Å². The van der Waals surface area contributed by atoms with Crippen LogP contribution < -0.4 is 5.73 Å². The summed E-state index contributed by atoms with van der Waals surface area (Å²) in [5.41, 5.74) is 5.34. The van der Waals surface area contributed by atoms with Gasteiger partial charge in [0.15, 0.2) is 0 Å². The third kappa shape index (κ3) is 1.28. The van der Waals surface area contributed by atoms with E-state index in [-0.39, 0.29) is 0 Å². The van der Waals surface area contributed by atoms with Crippen molar-refractivity contribution in [3.8, 4) is 0 Å². The lowest BCUT2D eigenvalue weighted by atomic mass is 9.84. The van der Waals surface area contributed by atoms with E-state index in [2.05, 4.69) is 0 Å². The van der Waals surface area contributed by atoms with E-state index in [0.29, 0.717) is 5.92 Å². The van der Waals surface area contributed by atoms with Crippen molar-refractivity contribution in [3.05, 3.63) is 0 Å². The van der Waals surface area contributed by atoms with Crippen LogP contribution >= 0.6 is 23.2 Å². The monoisotopic (exact) mass is 153 g/mol. The summed E-state index contributed by atoms with van der Waals surface area (Å²) in [6.07, 6.45) is 1.74. The van der Waals surface area contributed by atoms with Crippen molar-refractivity contribution in [1.29, 1.82) is 0 Å². The van der Waals surface area contributed by atoms with Crippen molar-refractivity contribution >= 4 is 23.2 Å². The minimum absolute atomic E-state index is 0.440. The van der Waals surface area contributed by atoms with Gasteiger partial charge in [0.1, 0.15) is 4.33 Å². The van der Waals surface area contributed by atoms with Crippen molar-refractivity contribution in [2.45, 2.75) is 17.2 Å². The van der Waals surface area contributed by atoms with Crippen LogP contribution in [0.2, 0.25) is 0 Å². The number of nitrogens with two attached hydrogens (primary N) is 1. The highest BCUT2D eigenvalue weighted by molar-refractivity contribution is 6.49. The topological polar surface area (TPSA) is 26.0 Å². The molecule has 0 aliphatic heterocycles. The molecule has 1 aliphatic rings. The molecule has 0 aromatic rings. The zero-order valence-electron chi connectivity index (χ0n) is 4.53. The molecule has 0 amide bonds. The fourth-order valence-electron chi connectivity index (χ4n) is 0.952. The van der Waals surface area contributed by atoms with Gasteiger partial charge in [-0.1, -0.05) is 0 Å². The van der Waals surface area contributed by atoms with Gasteiger partial charge >= 0.3 is 0 Å². The number of hydrogen-bond donors (Lipinski definition) is 1. The molecule has 1 saturated carbocycles. The lowest BCUT2D eigenvalue weighted by Gasteiger charge is -2.37. The summed E-state index contributed by atoms with van der Waals surface area (Å²) in [6, 6.07) is 0. The maximum Gasteiger partial charge on any atom is 0.119 e. The second-order valence-electron chi connectivity index (χ2n) is 2.37. The van der Waals surface area contributed by atoms with Gasteiger partial charge in [0, 0.05) is 0 Å². The van der Waals surface area contributed by atoms with Crippen molar-refractivity contribution in [2.75, 3.05) is 6.54 Å². The van der Waals surface area contributed by atoms with E-state index in [1.807, 2.05) is 0 Å². The van der Waals surface area contributed by atoms with Gasteiger partial charge in [-0.2, -0.15) is 0 Å². The van der Waals surface area contributed by atoms with Crippen LogP contribution in [0, 0.1) is 5.92 Å². The van der Waals surface area contributed by atoms with Crippen LogP contribution in [0.25, 0.3) is 0 Å². The molecule has 1 nitrogen and oxygen atoms in total. The normalized spacial score (nSPS) is 27.4. The first kappa shape index (κ1) is 6.66. The molecule has 0 heterocycles. The third-order valence-corrected chi connectivity index (χ3v) is 2.13. The number of alkyl halides is 2. The molecule has 0 bridgehead atoms. The molecule has 8 heavy (non-hydrogen) atoms. The van der Waals surface area contributed by atoms with Gasteiger partial charge in [-0.3, -0.25) is 0 Å². The van der Waals surface area contributed by atoms with Crippen molar-refractivity contribution < 1.29 is 0 Å². The Balaban J connectivity index is 2.21. The quantitative estimate of drug-likeness (QED) is 0.569. The SMILES string of the molecule is NCC1CC(Cl)(Cl)C1. The van der Waals surface area contributed by atoms with Gasteiger partial charge in [0.25, 0.3) is 0 Å². The maximum absolute atomic E-state index is 5.69. The molecule has 1 fully saturated rings. The Bertz CT molecular complexity index is 84.4. The predicted octanol–water partition coefficient (Wildman–Crippen LogP) is 1.53. The van der Waals surface area contributed by atoms with Gasteiger partial charge in [-0.05, 0) is 25.3 Å². The maximum atomic E-state index is 5.69. The Morgan fingerprint density at radius 2 is 2.00 bits per heavy atom. The second-order valence-corrected chi connectivity index (χ2v) is 4.01. The van der Waals surface area contributed by atoms with E-state index in [1.165, 1.54) is 0 Å². The summed E-state index contributed by atoms with van der Waals surface area (Å²) in [4.78, 5) is 0. The molecule has 0 radical (unpaired) electrons. The first-order valence-electron chi connectivity index (χ1n) is 2.72. The zero-order valence-corrected chi connectivity index (χ0v) is 6.04. The molecule has 3 heteroatoms. The second kappa shape index (κ2) is 2.05. The molecule has 0 saturated heterocycles. The number of hydrogen-bond acceptors (Lipinski definition) is 1. The van der Waals surface area contributed by atoms with Crippen LogP contribution in [0.5, 0.6) is 0 Å². The van der Waals surface area contributed by atoms with Crippen LogP contribution in [-0.2, 0) is 0 Å². The Kier molecular flexibility index (Phi) is 1.71. The average molecular weight is 154 g/mol. The number of rotatable bonds is 1. The third-order valence-electron chi connectivity index (χ3n) is 1.51. The zero-order chi connectivity index (χ0) is 6.20. The highest BCUT2D eigenvalue weighted by atomic mass is 35.5. The van der Waals surface area contributed by atoms with Gasteiger partial charge in [-0.15, -0.1) is 23.2 Å². The first-order valence-corrected chi connectivity index (χ1v) is 3.47. The molecule has 1 rings (SSSR count). The van der Waals surface area contributed by atoms with Crippen molar-refractivity contribution in [1.82, 2.24) is 0 Å². The van der Waals surface area contributed by atoms with Crippen LogP contribution in [-0.4, -0.2) is 10.9 Å². The van der Waals surface area contributed by atoms with Gasteiger partial charge in [-0.25, -0.2) is 0 Å². The summed E-state index contributed by atoms with van der Waals surface area (Å²) in [5, 5.41) is 0. The molecule has 48 valence electrons. The minimum Gasteiger partial charge on any atom is -0.330 e. The molecule has 2 N–H and O–H groups in total. The van der Waals surface area contributed by atoms with E-state index < -0.39 is 4.33 Å². The van der Waals surface area contributed by atoms with Crippen molar-refractivity contribution in [2.24, 2.45) is 11.7 Å². The van der Waals surface area contributed by atoms with E-state index >= 15 is 0 Å². The standard InChI is InChI=1S/C5H9Cl2N/c6-5(7)1-4(2-5)3-8/h4H,1-3,8H2. The lowest BCUT2D eigenvalue weighted by Crippen LogP contribution is -2.37. The van der Waals surface area contributed by atoms with E-state index in [9.17, 15) is 0 Å². The first-order chi connectivity index (χ1) is 3.64. The summed E-state index contributed by atoms with van der Waals surface area (Å²) in [6.45, 7) is 0.723. The van der Waals surface area contributed by atoms with Crippen LogP contribution in [0.15, 0.2) is 0 Å². The smallest absolute Gasteiger partial charge is 0.119 e. The Labute approximate surface area is 59.1 Å². The molecule has 0 unspecified atom stereocenters. The number of halogens is 2. The minimum atomic E-state index is -0.440. The molecule has 0 atom stereocenters. The fraction of sp³-hybridized carbons (Fsp3) is 1.00. The fourth-order valence-corrected chi connectivity index (χ4v) is 1.82. The van der Waals surface area contributed by atoms with Crippen LogP contribution in [0.1, 0.15) is 12.8 Å². The van der Waals surface area contributed by atoms with E-state index in [4.69, 9.17) is 28.9 Å². The summed E-state index contributed by atoms with van der Waals surface area (Å²) in [7, 11) is 0. The van der Waals surface area contributed by atoms with E-state index in [1.54, 1.807) is 0 Å². The highest BCUT2D eigenvalue weighted by Gasteiger charge is 2.39. The Hall–Kier alpha value is 0.540. The molecule has 0 aromatic carbocycles. The van der Waals surface area contributed by atoms with Crippen LogP contribution in [0.3, 0.4) is 0 Å². The average Bonchev–Trinajstić information content (AvgIpc) is 1.60. The summed E-state index contributed by atoms with van der Waals surface area (Å²) < 4.78 is -0.440. The Morgan fingerprint density at radius 1 is 1.50 bits per heavy atom.